The van der Waals surface area contributed by atoms with Crippen molar-refractivity contribution < 1.29 is 28.6 Å². The van der Waals surface area contributed by atoms with Gasteiger partial charge in [0.05, 0.1) is 13.2 Å². The van der Waals surface area contributed by atoms with Gasteiger partial charge in [0.15, 0.2) is 11.5 Å². The maximum atomic E-state index is 13.4. The number of ether oxygens (including phenoxy) is 2. The van der Waals surface area contributed by atoms with Crippen LogP contribution in [0.2, 0.25) is 0 Å². The Balaban J connectivity index is 1.91. The highest BCUT2D eigenvalue weighted by Crippen LogP contribution is 2.40. The smallest absolute Gasteiger partial charge is 0.268 e. The van der Waals surface area contributed by atoms with E-state index in [2.05, 4.69) is 15.6 Å². The van der Waals surface area contributed by atoms with Crippen molar-refractivity contribution in [2.75, 3.05) is 27.3 Å². The number of amides is 2. The van der Waals surface area contributed by atoms with Crippen LogP contribution in [0.15, 0.2) is 35.3 Å². The Morgan fingerprint density at radius 3 is 2.69 bits per heavy atom. The van der Waals surface area contributed by atoms with E-state index in [1.165, 1.54) is 44.0 Å². The average molecular weight is 484 g/mol. The molecule has 4 rings (SSSR count). The van der Waals surface area contributed by atoms with E-state index >= 15 is 0 Å². The molecule has 1 atom stereocenters. The molecule has 35 heavy (non-hydrogen) atoms. The SMILES string of the molecule is CNC(=O)c1c(O)c2ncc(Cc3ccc(F)cc3)c3c2n(c1=O)C[C@@](C)(C(=O)NCCOC)O3. The number of carbonyl (C=O) groups excluding carboxylic acids is 2. The first-order valence-electron chi connectivity index (χ1n) is 10.9. The quantitative estimate of drug-likeness (QED) is 0.428. The monoisotopic (exact) mass is 484 g/mol. The van der Waals surface area contributed by atoms with Gasteiger partial charge in [0.1, 0.15) is 22.4 Å². The highest BCUT2D eigenvalue weighted by Gasteiger charge is 2.43. The molecule has 10 nitrogen and oxygen atoms in total. The standard InChI is InChI=1S/C24H25FN4O6/c1-24(23(33)27-8-9-34-3)12-29-18-17(19(30)16(22(29)32)21(31)26-2)28-11-14(20(18)35-24)10-13-4-6-15(25)7-5-13/h4-7,11,30H,8-10,12H2,1-3H3,(H,26,31)(H,27,33)/t24-/m0/s1. The zero-order valence-corrected chi connectivity index (χ0v) is 19.5. The summed E-state index contributed by atoms with van der Waals surface area (Å²) < 4.78 is 25.8. The fourth-order valence-corrected chi connectivity index (χ4v) is 4.08. The van der Waals surface area contributed by atoms with Gasteiger partial charge in [0, 0.05) is 38.9 Å². The van der Waals surface area contributed by atoms with E-state index in [0.29, 0.717) is 5.56 Å². The zero-order chi connectivity index (χ0) is 25.3. The lowest BCUT2D eigenvalue weighted by molar-refractivity contribution is -0.137. The van der Waals surface area contributed by atoms with E-state index in [0.717, 1.165) is 5.56 Å². The fourth-order valence-electron chi connectivity index (χ4n) is 4.08. The van der Waals surface area contributed by atoms with E-state index in [-0.39, 0.29) is 48.7 Å². The van der Waals surface area contributed by atoms with Crippen molar-refractivity contribution in [1.82, 2.24) is 20.2 Å². The molecular formula is C24H25FN4O6. The van der Waals surface area contributed by atoms with E-state index < -0.39 is 34.3 Å². The van der Waals surface area contributed by atoms with Gasteiger partial charge < -0.3 is 25.2 Å². The van der Waals surface area contributed by atoms with Gasteiger partial charge in [0.25, 0.3) is 17.4 Å². The maximum Gasteiger partial charge on any atom is 0.268 e. The average Bonchev–Trinajstić information content (AvgIpc) is 2.84. The lowest BCUT2D eigenvalue weighted by Gasteiger charge is -2.36. The summed E-state index contributed by atoms with van der Waals surface area (Å²) in [6.45, 7) is 1.82. The van der Waals surface area contributed by atoms with Crippen LogP contribution in [0.3, 0.4) is 0 Å². The van der Waals surface area contributed by atoms with E-state index in [1.54, 1.807) is 12.1 Å². The summed E-state index contributed by atoms with van der Waals surface area (Å²) in [5.41, 5.74) is -1.37. The number of pyridine rings is 2. The summed E-state index contributed by atoms with van der Waals surface area (Å²) in [7, 11) is 2.84. The Morgan fingerprint density at radius 1 is 1.31 bits per heavy atom. The van der Waals surface area contributed by atoms with Crippen molar-refractivity contribution in [2.24, 2.45) is 0 Å². The number of rotatable bonds is 7. The summed E-state index contributed by atoms with van der Waals surface area (Å²) in [6.07, 6.45) is 1.70. The second kappa shape index (κ2) is 9.34. The molecule has 1 aliphatic heterocycles. The molecule has 0 spiro atoms. The number of aromatic nitrogens is 2. The zero-order valence-electron chi connectivity index (χ0n) is 19.5. The highest BCUT2D eigenvalue weighted by atomic mass is 19.1. The number of nitrogens with zero attached hydrogens (tertiary/aromatic N) is 2. The Hall–Kier alpha value is -3.99. The first kappa shape index (κ1) is 24.1. The van der Waals surface area contributed by atoms with Crippen LogP contribution in [0.4, 0.5) is 4.39 Å². The topological polar surface area (TPSA) is 132 Å². The van der Waals surface area contributed by atoms with E-state index in [9.17, 15) is 23.9 Å². The van der Waals surface area contributed by atoms with Gasteiger partial charge >= 0.3 is 0 Å². The van der Waals surface area contributed by atoms with Crippen molar-refractivity contribution in [1.29, 1.82) is 0 Å². The van der Waals surface area contributed by atoms with Crippen molar-refractivity contribution >= 4 is 22.8 Å². The summed E-state index contributed by atoms with van der Waals surface area (Å²) >= 11 is 0. The molecule has 3 heterocycles. The molecule has 1 aromatic carbocycles. The van der Waals surface area contributed by atoms with Gasteiger partial charge in [-0.1, -0.05) is 12.1 Å². The molecule has 184 valence electrons. The van der Waals surface area contributed by atoms with E-state index in [1.807, 2.05) is 0 Å². The van der Waals surface area contributed by atoms with Gasteiger partial charge in [-0.25, -0.2) is 4.39 Å². The molecule has 2 amide bonds. The molecule has 0 aliphatic carbocycles. The number of nitrogens with one attached hydrogen (secondary N) is 2. The second-order valence-electron chi connectivity index (χ2n) is 8.39. The Labute approximate surface area is 199 Å². The van der Waals surface area contributed by atoms with Gasteiger partial charge in [-0.2, -0.15) is 0 Å². The van der Waals surface area contributed by atoms with Crippen LogP contribution in [0.1, 0.15) is 28.4 Å². The molecule has 0 fully saturated rings. The molecule has 11 heteroatoms. The molecule has 0 unspecified atom stereocenters. The van der Waals surface area contributed by atoms with Crippen molar-refractivity contribution in [3.8, 4) is 11.5 Å². The number of hydrogen-bond donors (Lipinski definition) is 3. The minimum atomic E-state index is -1.52. The van der Waals surface area contributed by atoms with Crippen LogP contribution in [-0.2, 0) is 22.5 Å². The third-order valence-electron chi connectivity index (χ3n) is 5.89. The number of hydrogen-bond acceptors (Lipinski definition) is 7. The van der Waals surface area contributed by atoms with Gasteiger partial charge in [-0.15, -0.1) is 0 Å². The third-order valence-corrected chi connectivity index (χ3v) is 5.89. The van der Waals surface area contributed by atoms with Crippen LogP contribution in [0.25, 0.3) is 11.0 Å². The predicted molar refractivity (Wildman–Crippen MR) is 124 cm³/mol. The molecule has 3 aromatic rings. The van der Waals surface area contributed by atoms with Crippen LogP contribution in [0.5, 0.6) is 11.5 Å². The lowest BCUT2D eigenvalue weighted by atomic mass is 9.98. The van der Waals surface area contributed by atoms with Gasteiger partial charge in [0.2, 0.25) is 5.60 Å². The third kappa shape index (κ3) is 4.30. The molecular weight excluding hydrogens is 459 g/mol. The number of benzene rings is 1. The van der Waals surface area contributed by atoms with Crippen LogP contribution < -0.4 is 20.9 Å². The van der Waals surface area contributed by atoms with Crippen molar-refractivity contribution in [2.45, 2.75) is 25.5 Å². The molecule has 0 bridgehead atoms. The van der Waals surface area contributed by atoms with Crippen molar-refractivity contribution in [3.63, 3.8) is 0 Å². The first-order chi connectivity index (χ1) is 16.7. The summed E-state index contributed by atoms with van der Waals surface area (Å²) in [5.74, 6) is -2.06. The molecule has 3 N–H and O–H groups in total. The number of halogens is 1. The lowest BCUT2D eigenvalue weighted by Crippen LogP contribution is -2.55. The minimum Gasteiger partial charge on any atom is -0.505 e. The molecule has 0 radical (unpaired) electrons. The summed E-state index contributed by atoms with van der Waals surface area (Å²) in [5, 5.41) is 15.8. The Bertz CT molecular complexity index is 1370. The minimum absolute atomic E-state index is 0.0112. The number of carbonyl (C=O) groups is 2. The molecule has 1 aliphatic rings. The number of aromatic hydroxyl groups is 1. The molecule has 0 saturated heterocycles. The molecule has 0 saturated carbocycles. The number of methoxy groups -OCH3 is 1. The normalized spacial score (nSPS) is 16.6. The van der Waals surface area contributed by atoms with Gasteiger partial charge in [-0.3, -0.25) is 23.9 Å². The van der Waals surface area contributed by atoms with Gasteiger partial charge in [-0.05, 0) is 24.6 Å². The summed E-state index contributed by atoms with van der Waals surface area (Å²) in [4.78, 5) is 43.2. The maximum absolute atomic E-state index is 13.4. The van der Waals surface area contributed by atoms with Crippen LogP contribution >= 0.6 is 0 Å². The van der Waals surface area contributed by atoms with E-state index in [4.69, 9.17) is 9.47 Å². The largest absolute Gasteiger partial charge is 0.505 e. The highest BCUT2D eigenvalue weighted by molar-refractivity contribution is 6.02. The first-order valence-corrected chi connectivity index (χ1v) is 10.9. The Morgan fingerprint density at radius 2 is 2.03 bits per heavy atom. The van der Waals surface area contributed by atoms with Crippen LogP contribution in [0, 0.1) is 5.82 Å². The predicted octanol–water partition coefficient (Wildman–Crippen LogP) is 1.11. The molecule has 2 aromatic heterocycles. The van der Waals surface area contributed by atoms with Crippen LogP contribution in [-0.4, -0.2) is 59.4 Å². The van der Waals surface area contributed by atoms with Crippen molar-refractivity contribution in [3.05, 3.63) is 63.3 Å². The summed E-state index contributed by atoms with van der Waals surface area (Å²) in [6, 6.07) is 5.85. The fraction of sp³-hybridized carbons (Fsp3) is 0.333. The second-order valence-corrected chi connectivity index (χ2v) is 8.39. The Kier molecular flexibility index (Phi) is 6.44.